The second-order valence-corrected chi connectivity index (χ2v) is 5.48. The van der Waals surface area contributed by atoms with Gasteiger partial charge in [0.1, 0.15) is 11.5 Å². The molecule has 0 fully saturated rings. The minimum Gasteiger partial charge on any atom is -0.496 e. The summed E-state index contributed by atoms with van der Waals surface area (Å²) < 4.78 is 10.9. The van der Waals surface area contributed by atoms with Crippen LogP contribution in [-0.4, -0.2) is 26.0 Å². The standard InChI is InChI=1S/C14H23NO2S/c1-5-6-18-14-9-12(16-3)11(7-10(2)15)8-13(14)17-4/h8-10H,5-7,15H2,1-4H3/t10-/m1/s1. The number of hydrogen-bond acceptors (Lipinski definition) is 4. The van der Waals surface area contributed by atoms with E-state index in [1.807, 2.05) is 13.0 Å². The molecule has 0 heterocycles. The van der Waals surface area contributed by atoms with Crippen LogP contribution in [0.1, 0.15) is 25.8 Å². The first-order valence-corrected chi connectivity index (χ1v) is 7.24. The van der Waals surface area contributed by atoms with Gasteiger partial charge in [-0.15, -0.1) is 11.8 Å². The molecule has 1 aromatic carbocycles. The van der Waals surface area contributed by atoms with E-state index in [0.717, 1.165) is 40.6 Å². The molecular weight excluding hydrogens is 246 g/mol. The van der Waals surface area contributed by atoms with E-state index in [-0.39, 0.29) is 6.04 Å². The molecule has 0 unspecified atom stereocenters. The minimum atomic E-state index is 0.109. The van der Waals surface area contributed by atoms with Gasteiger partial charge in [-0.25, -0.2) is 0 Å². The summed E-state index contributed by atoms with van der Waals surface area (Å²) in [4.78, 5) is 1.13. The van der Waals surface area contributed by atoms with Crippen LogP contribution < -0.4 is 15.2 Å². The normalized spacial score (nSPS) is 12.3. The van der Waals surface area contributed by atoms with Gasteiger partial charge in [0.25, 0.3) is 0 Å². The molecule has 0 aliphatic carbocycles. The van der Waals surface area contributed by atoms with Crippen LogP contribution in [0.4, 0.5) is 0 Å². The monoisotopic (exact) mass is 269 g/mol. The largest absolute Gasteiger partial charge is 0.496 e. The van der Waals surface area contributed by atoms with Crippen LogP contribution in [0, 0.1) is 0 Å². The summed E-state index contributed by atoms with van der Waals surface area (Å²) in [5.41, 5.74) is 6.96. The van der Waals surface area contributed by atoms with Crippen molar-refractivity contribution in [3.63, 3.8) is 0 Å². The average molecular weight is 269 g/mol. The molecule has 1 aromatic rings. The Kier molecular flexibility index (Phi) is 6.36. The lowest BCUT2D eigenvalue weighted by Crippen LogP contribution is -2.18. The molecule has 0 aliphatic heterocycles. The molecule has 0 spiro atoms. The summed E-state index contributed by atoms with van der Waals surface area (Å²) in [6, 6.07) is 4.20. The fraction of sp³-hybridized carbons (Fsp3) is 0.571. The van der Waals surface area contributed by atoms with E-state index < -0.39 is 0 Å². The van der Waals surface area contributed by atoms with Crippen LogP contribution >= 0.6 is 11.8 Å². The van der Waals surface area contributed by atoms with Gasteiger partial charge < -0.3 is 15.2 Å². The van der Waals surface area contributed by atoms with Gasteiger partial charge in [-0.3, -0.25) is 0 Å². The van der Waals surface area contributed by atoms with Crippen molar-refractivity contribution in [1.82, 2.24) is 0 Å². The number of hydrogen-bond donors (Lipinski definition) is 1. The Morgan fingerprint density at radius 2 is 1.89 bits per heavy atom. The third-order valence-electron chi connectivity index (χ3n) is 2.57. The Bertz CT molecular complexity index is 380. The van der Waals surface area contributed by atoms with Gasteiger partial charge in [-0.2, -0.15) is 0 Å². The smallest absolute Gasteiger partial charge is 0.132 e. The summed E-state index contributed by atoms with van der Waals surface area (Å²) >= 11 is 1.79. The molecule has 3 nitrogen and oxygen atoms in total. The Morgan fingerprint density at radius 3 is 2.39 bits per heavy atom. The third-order valence-corrected chi connectivity index (χ3v) is 3.81. The number of thioether (sulfide) groups is 1. The highest BCUT2D eigenvalue weighted by atomic mass is 32.2. The summed E-state index contributed by atoms with van der Waals surface area (Å²) in [5.74, 6) is 2.88. The number of ether oxygens (including phenoxy) is 2. The van der Waals surface area contributed by atoms with Crippen LogP contribution in [-0.2, 0) is 6.42 Å². The van der Waals surface area contributed by atoms with Crippen molar-refractivity contribution >= 4 is 11.8 Å². The molecule has 1 rings (SSSR count). The van der Waals surface area contributed by atoms with Crippen molar-refractivity contribution in [2.24, 2.45) is 5.73 Å². The molecule has 2 N–H and O–H groups in total. The fourth-order valence-electron chi connectivity index (χ4n) is 1.76. The van der Waals surface area contributed by atoms with Crippen LogP contribution in [0.2, 0.25) is 0 Å². The van der Waals surface area contributed by atoms with Crippen molar-refractivity contribution in [1.29, 1.82) is 0 Å². The molecule has 0 aromatic heterocycles. The molecule has 0 aliphatic rings. The van der Waals surface area contributed by atoms with Gasteiger partial charge in [-0.05, 0) is 43.2 Å². The zero-order valence-corrected chi connectivity index (χ0v) is 12.5. The minimum absolute atomic E-state index is 0.109. The van der Waals surface area contributed by atoms with Gasteiger partial charge in [-0.1, -0.05) is 6.92 Å². The van der Waals surface area contributed by atoms with E-state index in [0.29, 0.717) is 0 Å². The van der Waals surface area contributed by atoms with E-state index in [1.54, 1.807) is 26.0 Å². The van der Waals surface area contributed by atoms with E-state index in [4.69, 9.17) is 15.2 Å². The van der Waals surface area contributed by atoms with Crippen LogP contribution in [0.5, 0.6) is 11.5 Å². The first-order valence-electron chi connectivity index (χ1n) is 6.25. The molecule has 0 saturated heterocycles. The summed E-state index contributed by atoms with van der Waals surface area (Å²) in [5, 5.41) is 0. The van der Waals surface area contributed by atoms with Crippen molar-refractivity contribution in [3.05, 3.63) is 17.7 Å². The predicted octanol–water partition coefficient (Wildman–Crippen LogP) is 3.10. The van der Waals surface area contributed by atoms with Gasteiger partial charge in [0, 0.05) is 6.04 Å². The van der Waals surface area contributed by atoms with Gasteiger partial charge >= 0.3 is 0 Å². The molecule has 4 heteroatoms. The summed E-state index contributed by atoms with van der Waals surface area (Å²) in [6.45, 7) is 4.16. The maximum Gasteiger partial charge on any atom is 0.132 e. The maximum absolute atomic E-state index is 5.86. The molecule has 0 amide bonds. The number of methoxy groups -OCH3 is 2. The molecule has 0 bridgehead atoms. The van der Waals surface area contributed by atoms with Crippen molar-refractivity contribution in [3.8, 4) is 11.5 Å². The number of benzene rings is 1. The van der Waals surface area contributed by atoms with Gasteiger partial charge in [0.05, 0.1) is 19.1 Å². The van der Waals surface area contributed by atoms with E-state index >= 15 is 0 Å². The Labute approximate surface area is 114 Å². The highest BCUT2D eigenvalue weighted by Crippen LogP contribution is 2.36. The quantitative estimate of drug-likeness (QED) is 0.773. The summed E-state index contributed by atoms with van der Waals surface area (Å²) in [6.07, 6.45) is 1.93. The number of nitrogens with two attached hydrogens (primary N) is 1. The van der Waals surface area contributed by atoms with E-state index in [9.17, 15) is 0 Å². The maximum atomic E-state index is 5.86. The zero-order valence-electron chi connectivity index (χ0n) is 11.7. The SMILES string of the molecule is CCCSc1cc(OC)c(C[C@@H](C)N)cc1OC. The lowest BCUT2D eigenvalue weighted by Gasteiger charge is -2.15. The zero-order chi connectivity index (χ0) is 13.5. The van der Waals surface area contributed by atoms with E-state index in [1.165, 1.54) is 0 Å². The average Bonchev–Trinajstić information content (AvgIpc) is 2.35. The van der Waals surface area contributed by atoms with Crippen molar-refractivity contribution in [2.45, 2.75) is 37.6 Å². The molecule has 1 atom stereocenters. The van der Waals surface area contributed by atoms with Crippen LogP contribution in [0.3, 0.4) is 0 Å². The lowest BCUT2D eigenvalue weighted by molar-refractivity contribution is 0.389. The fourth-order valence-corrected chi connectivity index (χ4v) is 2.66. The third kappa shape index (κ3) is 4.10. The van der Waals surface area contributed by atoms with Crippen LogP contribution in [0.25, 0.3) is 0 Å². The first-order chi connectivity index (χ1) is 8.62. The Morgan fingerprint density at radius 1 is 1.22 bits per heavy atom. The topological polar surface area (TPSA) is 44.5 Å². The van der Waals surface area contributed by atoms with Gasteiger partial charge in [0.15, 0.2) is 0 Å². The molecule has 0 saturated carbocycles. The lowest BCUT2D eigenvalue weighted by atomic mass is 10.1. The Balaban J connectivity index is 3.06. The Hall–Kier alpha value is -0.870. The second kappa shape index (κ2) is 7.54. The van der Waals surface area contributed by atoms with Crippen molar-refractivity contribution < 1.29 is 9.47 Å². The predicted molar refractivity (Wildman–Crippen MR) is 77.9 cm³/mol. The molecule has 18 heavy (non-hydrogen) atoms. The number of rotatable bonds is 7. The van der Waals surface area contributed by atoms with Crippen molar-refractivity contribution in [2.75, 3.05) is 20.0 Å². The van der Waals surface area contributed by atoms with Gasteiger partial charge in [0.2, 0.25) is 0 Å². The van der Waals surface area contributed by atoms with E-state index in [2.05, 4.69) is 13.0 Å². The van der Waals surface area contributed by atoms with Crippen LogP contribution in [0.15, 0.2) is 17.0 Å². The summed E-state index contributed by atoms with van der Waals surface area (Å²) in [7, 11) is 3.40. The second-order valence-electron chi connectivity index (χ2n) is 4.34. The molecule has 0 radical (unpaired) electrons. The highest BCUT2D eigenvalue weighted by Gasteiger charge is 2.12. The first kappa shape index (κ1) is 15.2. The molecular formula is C14H23NO2S. The molecule has 102 valence electrons. The highest BCUT2D eigenvalue weighted by molar-refractivity contribution is 7.99.